The molecule has 2 aliphatic heterocycles. The summed E-state index contributed by atoms with van der Waals surface area (Å²) >= 11 is 0. The van der Waals surface area contributed by atoms with E-state index in [0.29, 0.717) is 54.9 Å². The van der Waals surface area contributed by atoms with Gasteiger partial charge in [-0.3, -0.25) is 19.2 Å². The largest absolute Gasteiger partial charge is 0.497 e. The third-order valence-electron chi connectivity index (χ3n) is 8.94. The van der Waals surface area contributed by atoms with Gasteiger partial charge in [-0.2, -0.15) is 0 Å². The predicted octanol–water partition coefficient (Wildman–Crippen LogP) is 6.30. The first-order chi connectivity index (χ1) is 28.2. The van der Waals surface area contributed by atoms with Crippen molar-refractivity contribution in [3.8, 4) is 23.0 Å². The molecule has 0 aliphatic carbocycles. The molecule has 0 aromatic heterocycles. The Bertz CT molecular complexity index is 2060. The standard InChI is InChI=1S/C22H25NO6.C22H23NO6/c2*1-26-17-11-15-6-5-9-28-20(13-21(24)27-2)22(25)23-18-7-3-4-8-19(18)29-14-16(10-15)12-17/h3-4,7-8,10-12,20H,5-6,9,13-14H2,1-2H3,(H,23,25);3-8,10-12,20H,9,13-14H2,1-2H3,(H,23,25)/b;6-5-. The molecule has 14 nitrogen and oxygen atoms in total. The van der Waals surface area contributed by atoms with Crippen LogP contribution in [-0.4, -0.2) is 77.6 Å². The van der Waals surface area contributed by atoms with Gasteiger partial charge in [-0.15, -0.1) is 0 Å². The Morgan fingerprint density at radius 2 is 1.17 bits per heavy atom. The molecular weight excluding hydrogens is 748 g/mol. The van der Waals surface area contributed by atoms with Gasteiger partial charge in [0.25, 0.3) is 11.8 Å². The first kappa shape index (κ1) is 42.8. The lowest BCUT2D eigenvalue weighted by Crippen LogP contribution is -2.33. The third-order valence-corrected chi connectivity index (χ3v) is 8.94. The number of hydrogen-bond donors (Lipinski definition) is 2. The maximum atomic E-state index is 12.7. The second-order valence-electron chi connectivity index (χ2n) is 13.1. The van der Waals surface area contributed by atoms with E-state index in [-0.39, 0.29) is 19.4 Å². The van der Waals surface area contributed by atoms with Crippen molar-refractivity contribution in [2.45, 2.75) is 51.1 Å². The molecule has 2 aliphatic rings. The fraction of sp³-hybridized carbons (Fsp3) is 0.318. The van der Waals surface area contributed by atoms with Crippen LogP contribution in [0.5, 0.6) is 23.0 Å². The van der Waals surface area contributed by atoms with Crippen LogP contribution in [0.25, 0.3) is 6.08 Å². The number of rotatable bonds is 6. The summed E-state index contributed by atoms with van der Waals surface area (Å²) < 4.78 is 43.4. The lowest BCUT2D eigenvalue weighted by Gasteiger charge is -2.19. The Morgan fingerprint density at radius 1 is 0.655 bits per heavy atom. The Balaban J connectivity index is 0.000000221. The van der Waals surface area contributed by atoms with Crippen molar-refractivity contribution < 1.29 is 57.1 Å². The second-order valence-corrected chi connectivity index (χ2v) is 13.1. The molecule has 0 radical (unpaired) electrons. The SMILES string of the molecule is COC(=O)CC1OC/C=C\c2cc(cc(OC)c2)COc2ccccc2NC1=O.COC(=O)CC1OCCCc2cc(cc(OC)c2)COc2ccccc2NC1=O. The van der Waals surface area contributed by atoms with Crippen LogP contribution in [-0.2, 0) is 57.8 Å². The molecule has 306 valence electrons. The highest BCUT2D eigenvalue weighted by molar-refractivity contribution is 5.98. The fourth-order valence-electron chi connectivity index (χ4n) is 5.98. The number of hydrogen-bond acceptors (Lipinski definition) is 12. The van der Waals surface area contributed by atoms with Gasteiger partial charge in [-0.1, -0.05) is 42.5 Å². The zero-order chi connectivity index (χ0) is 41.3. The highest BCUT2D eigenvalue weighted by Crippen LogP contribution is 2.29. The van der Waals surface area contributed by atoms with E-state index >= 15 is 0 Å². The molecule has 58 heavy (non-hydrogen) atoms. The molecule has 4 bridgehead atoms. The first-order valence-corrected chi connectivity index (χ1v) is 18.6. The van der Waals surface area contributed by atoms with Crippen LogP contribution in [0.2, 0.25) is 0 Å². The number of fused-ring (bicyclic) bond motifs is 6. The van der Waals surface area contributed by atoms with Gasteiger partial charge in [0.1, 0.15) is 48.4 Å². The molecule has 4 aromatic carbocycles. The molecule has 2 atom stereocenters. The average molecular weight is 797 g/mol. The summed E-state index contributed by atoms with van der Waals surface area (Å²) in [5, 5.41) is 5.58. The van der Waals surface area contributed by atoms with E-state index in [2.05, 4.69) is 21.4 Å². The quantitative estimate of drug-likeness (QED) is 0.210. The average Bonchev–Trinajstić information content (AvgIpc) is 3.24. The summed E-state index contributed by atoms with van der Waals surface area (Å²) in [5.41, 5.74) is 4.90. The van der Waals surface area contributed by atoms with Crippen LogP contribution in [0.3, 0.4) is 0 Å². The summed E-state index contributed by atoms with van der Waals surface area (Å²) in [6.07, 6.45) is 2.78. The Morgan fingerprint density at radius 3 is 1.74 bits per heavy atom. The van der Waals surface area contributed by atoms with E-state index < -0.39 is 36.0 Å². The number of carbonyl (C=O) groups is 4. The molecule has 2 amide bonds. The van der Waals surface area contributed by atoms with Crippen molar-refractivity contribution in [1.29, 1.82) is 0 Å². The number of benzene rings is 4. The highest BCUT2D eigenvalue weighted by Gasteiger charge is 2.26. The van der Waals surface area contributed by atoms with Gasteiger partial charge in [0.05, 0.1) is 59.3 Å². The summed E-state index contributed by atoms with van der Waals surface area (Å²) in [4.78, 5) is 48.8. The topological polar surface area (TPSA) is 166 Å². The maximum Gasteiger partial charge on any atom is 0.308 e. The van der Waals surface area contributed by atoms with E-state index in [1.807, 2.05) is 48.5 Å². The molecule has 0 fully saturated rings. The molecule has 0 saturated carbocycles. The van der Waals surface area contributed by atoms with Crippen LogP contribution in [0.1, 0.15) is 41.5 Å². The number of methoxy groups -OCH3 is 4. The van der Waals surface area contributed by atoms with Crippen molar-refractivity contribution in [2.24, 2.45) is 0 Å². The van der Waals surface area contributed by atoms with E-state index in [4.69, 9.17) is 33.2 Å². The molecule has 4 aromatic rings. The van der Waals surface area contributed by atoms with Crippen molar-refractivity contribution in [3.05, 3.63) is 113 Å². The molecule has 0 saturated heterocycles. The Labute approximate surface area is 337 Å². The number of anilines is 2. The van der Waals surface area contributed by atoms with Crippen molar-refractivity contribution in [3.63, 3.8) is 0 Å². The normalized spacial score (nSPS) is 17.4. The fourth-order valence-corrected chi connectivity index (χ4v) is 5.98. The molecule has 14 heteroatoms. The Hall–Kier alpha value is -6.38. The van der Waals surface area contributed by atoms with E-state index in [9.17, 15) is 19.2 Å². The van der Waals surface area contributed by atoms with Gasteiger partial charge in [0.2, 0.25) is 0 Å². The summed E-state index contributed by atoms with van der Waals surface area (Å²) in [6, 6.07) is 26.0. The van der Waals surface area contributed by atoms with E-state index in [1.165, 1.54) is 14.2 Å². The summed E-state index contributed by atoms with van der Waals surface area (Å²) in [5.74, 6) is 0.614. The third kappa shape index (κ3) is 12.8. The van der Waals surface area contributed by atoms with Crippen molar-refractivity contribution >= 4 is 41.2 Å². The number of ether oxygens (including phenoxy) is 8. The first-order valence-electron chi connectivity index (χ1n) is 18.6. The summed E-state index contributed by atoms with van der Waals surface area (Å²) in [7, 11) is 5.80. The lowest BCUT2D eigenvalue weighted by atomic mass is 10.1. The number of amides is 2. The van der Waals surface area contributed by atoms with Crippen LogP contribution in [0.15, 0.2) is 91.0 Å². The van der Waals surface area contributed by atoms with Gasteiger partial charge in [0, 0.05) is 6.61 Å². The molecular formula is C44H48N2O12. The van der Waals surface area contributed by atoms with E-state index in [1.54, 1.807) is 56.7 Å². The molecule has 0 spiro atoms. The monoisotopic (exact) mass is 796 g/mol. The molecule has 2 heterocycles. The van der Waals surface area contributed by atoms with Crippen molar-refractivity contribution in [2.75, 3.05) is 52.3 Å². The number of nitrogens with one attached hydrogen (secondary N) is 2. The number of esters is 2. The van der Waals surface area contributed by atoms with Crippen molar-refractivity contribution in [1.82, 2.24) is 0 Å². The lowest BCUT2D eigenvalue weighted by molar-refractivity contribution is -0.147. The van der Waals surface area contributed by atoms with Gasteiger partial charge in [-0.05, 0) is 89.7 Å². The van der Waals surface area contributed by atoms with Crippen LogP contribution >= 0.6 is 0 Å². The number of para-hydroxylation sites is 4. The zero-order valence-corrected chi connectivity index (χ0v) is 32.9. The van der Waals surface area contributed by atoms with E-state index in [0.717, 1.165) is 34.4 Å². The maximum absolute atomic E-state index is 12.7. The van der Waals surface area contributed by atoms with Crippen LogP contribution in [0.4, 0.5) is 11.4 Å². The van der Waals surface area contributed by atoms with Gasteiger partial charge in [-0.25, -0.2) is 0 Å². The van der Waals surface area contributed by atoms with Gasteiger partial charge in [0.15, 0.2) is 0 Å². The van der Waals surface area contributed by atoms with Gasteiger partial charge < -0.3 is 48.5 Å². The minimum absolute atomic E-state index is 0.153. The second kappa shape index (κ2) is 21.8. The predicted molar refractivity (Wildman–Crippen MR) is 215 cm³/mol. The minimum Gasteiger partial charge on any atom is -0.497 e. The highest BCUT2D eigenvalue weighted by atomic mass is 16.5. The molecule has 2 unspecified atom stereocenters. The van der Waals surface area contributed by atoms with Gasteiger partial charge >= 0.3 is 11.9 Å². The molecule has 2 N–H and O–H groups in total. The zero-order valence-electron chi connectivity index (χ0n) is 32.9. The number of aryl methyl sites for hydroxylation is 1. The Kier molecular flexibility index (Phi) is 16.1. The number of carbonyl (C=O) groups excluding carboxylic acids is 4. The van der Waals surface area contributed by atoms with Crippen LogP contribution in [0, 0.1) is 0 Å². The summed E-state index contributed by atoms with van der Waals surface area (Å²) in [6.45, 7) is 1.12. The van der Waals surface area contributed by atoms with Crippen LogP contribution < -0.4 is 29.6 Å². The smallest absolute Gasteiger partial charge is 0.308 e. The minimum atomic E-state index is -0.996. The molecule has 6 rings (SSSR count).